The summed E-state index contributed by atoms with van der Waals surface area (Å²) in [5, 5.41) is 17.7. The van der Waals surface area contributed by atoms with Crippen molar-refractivity contribution in [2.75, 3.05) is 31.1 Å². The Balaban J connectivity index is 3.95. The van der Waals surface area contributed by atoms with Gasteiger partial charge in [0.05, 0.1) is 0 Å². The molecule has 0 aromatic carbocycles. The average Bonchev–Trinajstić information content (AvgIpc) is 2.69. The summed E-state index contributed by atoms with van der Waals surface area (Å²) in [5.74, 6) is -0.399. The van der Waals surface area contributed by atoms with Crippen molar-refractivity contribution in [3.63, 3.8) is 0 Å². The number of alkyl carbamates (subject to hydrolysis) is 2. The first-order valence-corrected chi connectivity index (χ1v) is 14.5. The van der Waals surface area contributed by atoms with Gasteiger partial charge in [-0.1, -0.05) is 60.6 Å². The summed E-state index contributed by atoms with van der Waals surface area (Å²) in [6.07, 6.45) is 6.21. The van der Waals surface area contributed by atoms with E-state index in [2.05, 4.69) is 22.9 Å². The number of unbranched alkanes of at least 4 members (excludes halogenated alkanes) is 5. The normalized spacial score (nSPS) is 12.6. The van der Waals surface area contributed by atoms with E-state index in [-0.39, 0.29) is 5.75 Å². The molecule has 0 bridgehead atoms. The van der Waals surface area contributed by atoms with Crippen LogP contribution in [0.4, 0.5) is 9.59 Å². The van der Waals surface area contributed by atoms with Crippen LogP contribution >= 0.6 is 21.6 Å². The lowest BCUT2D eigenvalue weighted by atomic mass is 10.1. The molecular formula is C23H45N3O6S2. The number of hydrogen-bond donors (Lipinski definition) is 4. The van der Waals surface area contributed by atoms with E-state index in [1.165, 1.54) is 53.7 Å². The van der Waals surface area contributed by atoms with Crippen molar-refractivity contribution < 1.29 is 29.0 Å². The largest absolute Gasteiger partial charge is 0.480 e. The Kier molecular flexibility index (Phi) is 17.3. The average molecular weight is 524 g/mol. The Bertz CT molecular complexity index is 600. The zero-order chi connectivity index (χ0) is 26.0. The molecule has 2 amide bonds. The fraction of sp³-hybridized carbons (Fsp3) is 0.870. The van der Waals surface area contributed by atoms with Crippen molar-refractivity contribution in [1.82, 2.24) is 16.0 Å². The number of aliphatic carboxylic acids is 1. The zero-order valence-corrected chi connectivity index (χ0v) is 23.3. The van der Waals surface area contributed by atoms with Gasteiger partial charge in [-0.2, -0.15) is 0 Å². The fourth-order valence-electron chi connectivity index (χ4n) is 2.74. The number of nitrogens with one attached hydrogen (secondary N) is 3. The van der Waals surface area contributed by atoms with Crippen LogP contribution in [0.1, 0.15) is 80.1 Å². The van der Waals surface area contributed by atoms with Crippen LogP contribution in [0.2, 0.25) is 0 Å². The second-order valence-electron chi connectivity index (χ2n) is 9.66. The van der Waals surface area contributed by atoms with Crippen molar-refractivity contribution in [2.45, 2.75) is 97.3 Å². The first-order valence-electron chi connectivity index (χ1n) is 12.0. The number of carboxylic acid groups (broad SMARTS) is 1. The molecule has 0 aliphatic carbocycles. The van der Waals surface area contributed by atoms with E-state index in [9.17, 15) is 19.5 Å². The van der Waals surface area contributed by atoms with E-state index in [1.54, 1.807) is 20.8 Å². The maximum Gasteiger partial charge on any atom is 0.408 e. The summed E-state index contributed by atoms with van der Waals surface area (Å²) in [6.45, 7) is 13.0. The first kappa shape index (κ1) is 32.7. The molecule has 0 spiro atoms. The molecule has 9 nitrogen and oxygen atoms in total. The van der Waals surface area contributed by atoms with Gasteiger partial charge >= 0.3 is 18.2 Å². The van der Waals surface area contributed by atoms with Crippen LogP contribution in [-0.2, 0) is 14.3 Å². The minimum Gasteiger partial charge on any atom is -0.480 e. The van der Waals surface area contributed by atoms with Gasteiger partial charge in [-0.25, -0.2) is 14.4 Å². The van der Waals surface area contributed by atoms with E-state index in [0.29, 0.717) is 18.8 Å². The molecule has 0 saturated heterocycles. The highest BCUT2D eigenvalue weighted by Crippen LogP contribution is 2.21. The minimum absolute atomic E-state index is 0.168. The summed E-state index contributed by atoms with van der Waals surface area (Å²) < 4.78 is 10.6. The molecule has 4 N–H and O–H groups in total. The SMILES string of the molecule is CCCCCCCCNCC(C)(C)OC(=O)NCCSSCC(NC(=O)OC(C)(C)C)C(=O)O. The van der Waals surface area contributed by atoms with Gasteiger partial charge in [-0.15, -0.1) is 0 Å². The summed E-state index contributed by atoms with van der Waals surface area (Å²) in [4.78, 5) is 35.1. The van der Waals surface area contributed by atoms with Gasteiger partial charge in [0, 0.05) is 24.6 Å². The molecule has 0 aromatic rings. The third kappa shape index (κ3) is 20.1. The molecule has 0 aliphatic rings. The number of carbonyl (C=O) groups is 3. The molecule has 0 saturated carbocycles. The van der Waals surface area contributed by atoms with Crippen LogP contribution in [0.3, 0.4) is 0 Å². The van der Waals surface area contributed by atoms with Crippen LogP contribution in [0.5, 0.6) is 0 Å². The highest BCUT2D eigenvalue weighted by molar-refractivity contribution is 8.76. The third-order valence-corrected chi connectivity index (χ3v) is 6.80. The quantitative estimate of drug-likeness (QED) is 0.148. The number of ether oxygens (including phenoxy) is 2. The van der Waals surface area contributed by atoms with Gasteiger partial charge in [0.15, 0.2) is 0 Å². The van der Waals surface area contributed by atoms with Crippen LogP contribution in [0, 0.1) is 0 Å². The second-order valence-corrected chi connectivity index (χ2v) is 12.3. The summed E-state index contributed by atoms with van der Waals surface area (Å²) in [7, 11) is 2.70. The molecule has 0 aliphatic heterocycles. The van der Waals surface area contributed by atoms with Crippen LogP contribution in [0.15, 0.2) is 0 Å². The van der Waals surface area contributed by atoms with E-state index in [4.69, 9.17) is 9.47 Å². The molecule has 1 atom stereocenters. The third-order valence-electron chi connectivity index (χ3n) is 4.39. The van der Waals surface area contributed by atoms with Gasteiger partial charge in [0.2, 0.25) is 0 Å². The maximum absolute atomic E-state index is 12.0. The van der Waals surface area contributed by atoms with Gasteiger partial charge in [0.1, 0.15) is 17.2 Å². The molecule has 11 heteroatoms. The molecule has 0 radical (unpaired) electrons. The number of hydrogen-bond acceptors (Lipinski definition) is 8. The first-order chi connectivity index (χ1) is 15.9. The zero-order valence-electron chi connectivity index (χ0n) is 21.7. The molecule has 0 rings (SSSR count). The lowest BCUT2D eigenvalue weighted by molar-refractivity contribution is -0.138. The van der Waals surface area contributed by atoms with E-state index < -0.39 is 35.4 Å². The van der Waals surface area contributed by atoms with E-state index >= 15 is 0 Å². The minimum atomic E-state index is -1.13. The fourth-order valence-corrected chi connectivity index (χ4v) is 4.80. The van der Waals surface area contributed by atoms with Crippen molar-refractivity contribution >= 4 is 39.7 Å². The molecule has 0 fully saturated rings. The van der Waals surface area contributed by atoms with Crippen molar-refractivity contribution in [2.24, 2.45) is 0 Å². The predicted molar refractivity (Wildman–Crippen MR) is 141 cm³/mol. The van der Waals surface area contributed by atoms with Crippen LogP contribution in [-0.4, -0.2) is 71.6 Å². The summed E-state index contributed by atoms with van der Waals surface area (Å²) in [6, 6.07) is -1.06. The van der Waals surface area contributed by atoms with E-state index in [1.807, 2.05) is 13.8 Å². The Morgan fingerprint density at radius 3 is 2.15 bits per heavy atom. The number of rotatable bonds is 18. The molecule has 200 valence electrons. The molecular weight excluding hydrogens is 478 g/mol. The van der Waals surface area contributed by atoms with Gasteiger partial charge < -0.3 is 30.5 Å². The van der Waals surface area contributed by atoms with Crippen molar-refractivity contribution in [3.05, 3.63) is 0 Å². The Labute approximate surface area is 213 Å². The highest BCUT2D eigenvalue weighted by Gasteiger charge is 2.24. The smallest absolute Gasteiger partial charge is 0.408 e. The molecule has 0 heterocycles. The standard InChI is InChI=1S/C23H45N3O6S2/c1-7-8-9-10-11-12-13-24-17-23(5,6)32-20(29)25-14-15-33-34-16-18(19(27)28)26-21(30)31-22(2,3)4/h18,24H,7-17H2,1-6H3,(H,25,29)(H,26,30)(H,27,28). The Hall–Kier alpha value is -1.33. The number of carbonyl (C=O) groups excluding carboxylic acids is 2. The summed E-state index contributed by atoms with van der Waals surface area (Å²) in [5.41, 5.74) is -1.32. The molecule has 34 heavy (non-hydrogen) atoms. The predicted octanol–water partition coefficient (Wildman–Crippen LogP) is 4.80. The second kappa shape index (κ2) is 18.0. The molecule has 0 aromatic heterocycles. The van der Waals surface area contributed by atoms with Crippen molar-refractivity contribution in [1.29, 1.82) is 0 Å². The van der Waals surface area contributed by atoms with Gasteiger partial charge in [0.25, 0.3) is 0 Å². The monoisotopic (exact) mass is 523 g/mol. The topological polar surface area (TPSA) is 126 Å². The maximum atomic E-state index is 12.0. The molecule has 1 unspecified atom stereocenters. The lowest BCUT2D eigenvalue weighted by Gasteiger charge is -2.25. The van der Waals surface area contributed by atoms with E-state index in [0.717, 1.165) is 13.0 Å². The van der Waals surface area contributed by atoms with Gasteiger partial charge in [-0.05, 0) is 47.6 Å². The van der Waals surface area contributed by atoms with Crippen LogP contribution < -0.4 is 16.0 Å². The summed E-state index contributed by atoms with van der Waals surface area (Å²) >= 11 is 0. The number of carboxylic acids is 1. The number of amides is 2. The Morgan fingerprint density at radius 1 is 0.882 bits per heavy atom. The lowest BCUT2D eigenvalue weighted by Crippen LogP contribution is -2.44. The Morgan fingerprint density at radius 2 is 1.53 bits per heavy atom. The van der Waals surface area contributed by atoms with Gasteiger partial charge in [-0.3, -0.25) is 0 Å². The highest BCUT2D eigenvalue weighted by atomic mass is 33.1. The van der Waals surface area contributed by atoms with Crippen LogP contribution in [0.25, 0.3) is 0 Å². The van der Waals surface area contributed by atoms with Crippen molar-refractivity contribution in [3.8, 4) is 0 Å².